The SMILES string of the molecule is c1ccc2c(c1)cn1c3c(ccc4sc5ccccc5c43)c3ccc4c5ccccc5sc4c3c21.c1ccc2c(c1)cn1c3cc4sc5ccccc5c4cc3c3cc4sc5ccccc5c4cc3c21.c1ccc2c(c1)cn1c3ccc4sc5ccccc5c4c3c3cc4c(cc3c21)sc1ccccc14.c1ccc2c(c1)cn1c3ccc4sc5ccccc5c4c3c3cc4sc5ccccc5c4cc3c21. The maximum atomic E-state index is 2.49. The number of hydrogen-bond acceptors (Lipinski definition) is 8. The second-order valence-corrected chi connectivity index (χ2v) is 46.1. The summed E-state index contributed by atoms with van der Waals surface area (Å²) < 4.78 is 31.5. The maximum absolute atomic E-state index is 2.49. The minimum Gasteiger partial charge on any atom is -0.315 e. The summed E-state index contributed by atoms with van der Waals surface area (Å²) in [5.74, 6) is 0. The minimum absolute atomic E-state index is 1.28. The second kappa shape index (κ2) is 29.0. The molecule has 0 amide bonds. The number of fused-ring (bicyclic) bond motifs is 60. The zero-order valence-corrected chi connectivity index (χ0v) is 80.8. The molecule has 0 atom stereocenters. The number of pyridine rings is 4. The van der Waals surface area contributed by atoms with E-state index in [0.29, 0.717) is 0 Å². The lowest BCUT2D eigenvalue weighted by Crippen LogP contribution is -1.91. The van der Waals surface area contributed by atoms with E-state index in [2.05, 4.69) is 431 Å². The maximum Gasteiger partial charge on any atom is 0.0628 e. The zero-order valence-electron chi connectivity index (χ0n) is 74.3. The third kappa shape index (κ3) is 10.8. The Morgan fingerprint density at radius 2 is 0.400 bits per heavy atom. The Morgan fingerprint density at radius 3 is 0.857 bits per heavy atom. The van der Waals surface area contributed by atoms with Crippen molar-refractivity contribution in [3.05, 3.63) is 413 Å². The van der Waals surface area contributed by atoms with Crippen molar-refractivity contribution in [1.82, 2.24) is 17.6 Å². The summed E-state index contributed by atoms with van der Waals surface area (Å²) >= 11 is 15.2. The highest BCUT2D eigenvalue weighted by Gasteiger charge is 2.27. The van der Waals surface area contributed by atoms with Gasteiger partial charge in [-0.25, -0.2) is 0 Å². The average Bonchev–Trinajstić information content (AvgIpc) is 1.54. The van der Waals surface area contributed by atoms with Crippen molar-refractivity contribution in [1.29, 1.82) is 0 Å². The van der Waals surface area contributed by atoms with Crippen LogP contribution in [-0.2, 0) is 0 Å². The molecule has 0 unspecified atom stereocenters. The highest BCUT2D eigenvalue weighted by molar-refractivity contribution is 7.29. The summed E-state index contributed by atoms with van der Waals surface area (Å²) in [4.78, 5) is 0. The predicted octanol–water partition coefficient (Wildman–Crippen LogP) is 40.5. The minimum atomic E-state index is 1.28. The van der Waals surface area contributed by atoms with Gasteiger partial charge in [0.2, 0.25) is 0 Å². The van der Waals surface area contributed by atoms with Crippen LogP contribution in [0.1, 0.15) is 0 Å². The van der Waals surface area contributed by atoms with Gasteiger partial charge in [0.15, 0.2) is 0 Å². The molecule has 4 nitrogen and oxygen atoms in total. The van der Waals surface area contributed by atoms with E-state index in [0.717, 1.165) is 0 Å². The van der Waals surface area contributed by atoms with Crippen LogP contribution in [0.15, 0.2) is 413 Å². The van der Waals surface area contributed by atoms with Crippen molar-refractivity contribution in [2.24, 2.45) is 0 Å². The Morgan fingerprint density at radius 1 is 0.121 bits per heavy atom. The fourth-order valence-electron chi connectivity index (χ4n) is 24.2. The first-order valence-electron chi connectivity index (χ1n) is 47.4. The van der Waals surface area contributed by atoms with Gasteiger partial charge in [0.1, 0.15) is 0 Å². The third-order valence-electron chi connectivity index (χ3n) is 30.2. The van der Waals surface area contributed by atoms with Gasteiger partial charge in [0, 0.05) is 272 Å². The first kappa shape index (κ1) is 77.4. The molecule has 0 N–H and O–H groups in total. The monoisotopic (exact) mass is 1920 g/mol. The van der Waals surface area contributed by atoms with E-state index in [1.54, 1.807) is 0 Å². The Bertz CT molecular complexity index is 11900. The molecule has 0 aliphatic carbocycles. The Kier molecular flexibility index (Phi) is 16.0. The van der Waals surface area contributed by atoms with E-state index in [4.69, 9.17) is 0 Å². The lowest BCUT2D eigenvalue weighted by Gasteiger charge is -2.12. The highest BCUT2D eigenvalue weighted by atomic mass is 32.1. The van der Waals surface area contributed by atoms with Gasteiger partial charge >= 0.3 is 0 Å². The molecule has 16 heterocycles. The molecular formula is C128H68N4S8. The van der Waals surface area contributed by atoms with Crippen molar-refractivity contribution in [3.63, 3.8) is 0 Å². The molecule has 0 spiro atoms. The molecule has 0 radical (unpaired) electrons. The lowest BCUT2D eigenvalue weighted by atomic mass is 9.97. The van der Waals surface area contributed by atoms with E-state index in [1.165, 1.54) is 313 Å². The van der Waals surface area contributed by atoms with Crippen LogP contribution in [0.5, 0.6) is 0 Å². The quantitative estimate of drug-likeness (QED) is 0.135. The van der Waals surface area contributed by atoms with Crippen LogP contribution in [0.4, 0.5) is 0 Å². The first-order valence-corrected chi connectivity index (χ1v) is 54.0. The number of benzene rings is 20. The normalized spacial score (nSPS) is 12.6. The molecule has 0 saturated carbocycles. The molecule has 16 aromatic heterocycles. The molecule has 0 saturated heterocycles. The van der Waals surface area contributed by atoms with Gasteiger partial charge in [0.25, 0.3) is 0 Å². The largest absolute Gasteiger partial charge is 0.315 e. The number of aromatic nitrogens is 4. The van der Waals surface area contributed by atoms with Crippen molar-refractivity contribution in [2.75, 3.05) is 0 Å². The third-order valence-corrected chi connectivity index (χ3v) is 39.3. The second-order valence-electron chi connectivity index (χ2n) is 37.4. The Labute approximate surface area is 826 Å². The van der Waals surface area contributed by atoms with E-state index in [1.807, 2.05) is 90.7 Å². The van der Waals surface area contributed by atoms with Gasteiger partial charge in [-0.05, 0) is 149 Å². The van der Waals surface area contributed by atoms with Gasteiger partial charge in [-0.15, -0.1) is 90.7 Å². The van der Waals surface area contributed by atoms with Crippen LogP contribution in [0.2, 0.25) is 0 Å². The van der Waals surface area contributed by atoms with Crippen molar-refractivity contribution >= 4 is 404 Å². The summed E-state index contributed by atoms with van der Waals surface area (Å²) in [6, 6.07) is 144. The molecule has 20 aromatic carbocycles. The average molecular weight is 1920 g/mol. The summed E-state index contributed by atoms with van der Waals surface area (Å²) in [6.45, 7) is 0. The molecule has 0 aliphatic rings. The number of rotatable bonds is 0. The summed E-state index contributed by atoms with van der Waals surface area (Å²) in [7, 11) is 0. The van der Waals surface area contributed by atoms with Gasteiger partial charge in [-0.1, -0.05) is 261 Å². The fourth-order valence-corrected chi connectivity index (χ4v) is 33.3. The molecule has 0 bridgehead atoms. The van der Waals surface area contributed by atoms with Crippen LogP contribution < -0.4 is 0 Å². The molecule has 0 fully saturated rings. The number of nitrogens with zero attached hydrogens (tertiary/aromatic N) is 4. The highest BCUT2D eigenvalue weighted by Crippen LogP contribution is 2.54. The predicted molar refractivity (Wildman–Crippen MR) is 623 cm³/mol. The van der Waals surface area contributed by atoms with Crippen LogP contribution in [0.3, 0.4) is 0 Å². The molecule has 36 aromatic rings. The molecule has 140 heavy (non-hydrogen) atoms. The van der Waals surface area contributed by atoms with E-state index in [-0.39, 0.29) is 0 Å². The van der Waals surface area contributed by atoms with E-state index < -0.39 is 0 Å². The molecule has 36 rings (SSSR count). The van der Waals surface area contributed by atoms with Gasteiger partial charge < -0.3 is 17.6 Å². The Balaban J connectivity index is 0.0000000829. The van der Waals surface area contributed by atoms with Gasteiger partial charge in [-0.2, -0.15) is 0 Å². The molecule has 648 valence electrons. The summed E-state index contributed by atoms with van der Waals surface area (Å²) in [5, 5.41) is 48.2. The standard InChI is InChI=1S/4C32H17NS2/c1-2-8-19-18(7-1)17-33-27-16-31-24(20-9-3-6-12-29(20)35-31)13-23(27)22-15-30-25(14-26(22)32(19)33)21-10-4-5-11-28(21)34-30;1-2-8-19-18(7-1)17-33-25-13-14-28-31(21-10-4-6-12-27(21)34-28)30(25)23-16-29-22(15-24(23)32(19)33)20-9-3-5-11-26(20)35-29;1-2-8-19-18(7-1)17-33-25-13-14-28-31(21-10-4-6-12-27(21)34-28)30(25)23-15-22-20-9-3-5-11-26(20)35-29(22)16-24(23)32(19)33;1-2-8-19-18(7-1)17-33-30(19)29-21(13-14-23-20-9-3-5-11-25(20)35-32(23)29)22-15-16-27-28(31(22)33)24-10-4-6-12-26(24)34-27/h4*1-17H. The van der Waals surface area contributed by atoms with Crippen molar-refractivity contribution in [2.45, 2.75) is 0 Å². The first-order chi connectivity index (χ1) is 69.4. The molecular weight excluding hydrogens is 1850 g/mol. The van der Waals surface area contributed by atoms with Gasteiger partial charge in [0.05, 0.1) is 44.1 Å². The van der Waals surface area contributed by atoms with Gasteiger partial charge in [-0.3, -0.25) is 0 Å². The smallest absolute Gasteiger partial charge is 0.0628 e. The topological polar surface area (TPSA) is 17.6 Å². The van der Waals surface area contributed by atoms with E-state index in [9.17, 15) is 0 Å². The van der Waals surface area contributed by atoms with Crippen molar-refractivity contribution < 1.29 is 0 Å². The summed E-state index contributed by atoms with van der Waals surface area (Å²) in [5.41, 5.74) is 10.4. The zero-order chi connectivity index (χ0) is 90.7. The number of thiophene rings is 8. The summed E-state index contributed by atoms with van der Waals surface area (Å²) in [6.07, 6.45) is 9.32. The fraction of sp³-hybridized carbons (Fsp3) is 0. The number of hydrogen-bond donors (Lipinski definition) is 0. The van der Waals surface area contributed by atoms with Crippen molar-refractivity contribution in [3.8, 4) is 0 Å². The van der Waals surface area contributed by atoms with Crippen LogP contribution >= 0.6 is 90.7 Å². The van der Waals surface area contributed by atoms with E-state index >= 15 is 0 Å². The molecule has 0 aliphatic heterocycles. The van der Waals surface area contributed by atoms with Crippen LogP contribution in [0, 0.1) is 0 Å². The van der Waals surface area contributed by atoms with Crippen LogP contribution in [0.25, 0.3) is 313 Å². The molecule has 12 heteroatoms. The lowest BCUT2D eigenvalue weighted by molar-refractivity contribution is 1.30. The Hall–Kier alpha value is -15.7. The van der Waals surface area contributed by atoms with Crippen LogP contribution in [-0.4, -0.2) is 17.6 Å².